The molecule has 376 valence electrons. The molecule has 0 aromatic rings. The van der Waals surface area contributed by atoms with Gasteiger partial charge in [0.05, 0.1) is 0 Å². The van der Waals surface area contributed by atoms with E-state index in [1.165, 1.54) is 141 Å². The summed E-state index contributed by atoms with van der Waals surface area (Å²) in [6.45, 7) is 6.57. The van der Waals surface area contributed by atoms with Crippen LogP contribution in [0.2, 0.25) is 0 Å². The number of allylic oxidation sites excluding steroid dienone is 10. The number of carbonyl (C=O) groups is 3. The van der Waals surface area contributed by atoms with Crippen molar-refractivity contribution in [3.8, 4) is 0 Å². The van der Waals surface area contributed by atoms with Gasteiger partial charge in [0.2, 0.25) is 0 Å². The highest BCUT2D eigenvalue weighted by molar-refractivity contribution is 5.71. The van der Waals surface area contributed by atoms with Crippen LogP contribution in [-0.4, -0.2) is 37.2 Å². The molecule has 0 radical (unpaired) electrons. The summed E-state index contributed by atoms with van der Waals surface area (Å²) in [5.74, 6) is -0.902. The number of rotatable bonds is 50. The van der Waals surface area contributed by atoms with Crippen LogP contribution in [-0.2, 0) is 28.6 Å². The molecule has 0 heterocycles. The Kier molecular flexibility index (Phi) is 51.3. The molecule has 0 spiro atoms. The average molecular weight is 909 g/mol. The third-order valence-corrected chi connectivity index (χ3v) is 12.0. The molecule has 0 aromatic carbocycles. The van der Waals surface area contributed by atoms with Crippen LogP contribution in [0.25, 0.3) is 0 Å². The van der Waals surface area contributed by atoms with E-state index in [0.29, 0.717) is 19.3 Å². The summed E-state index contributed by atoms with van der Waals surface area (Å²) < 4.78 is 16.8. The van der Waals surface area contributed by atoms with Crippen LogP contribution in [0, 0.1) is 0 Å². The highest BCUT2D eigenvalue weighted by Crippen LogP contribution is 2.15. The van der Waals surface area contributed by atoms with Crippen LogP contribution in [0.4, 0.5) is 0 Å². The third kappa shape index (κ3) is 51.9. The molecule has 0 bridgehead atoms. The van der Waals surface area contributed by atoms with E-state index in [2.05, 4.69) is 81.5 Å². The Morgan fingerprint density at radius 1 is 0.308 bits per heavy atom. The molecular formula is C59H104O6. The quantitative estimate of drug-likeness (QED) is 0.0262. The molecule has 0 saturated carbocycles. The predicted octanol–water partition coefficient (Wildman–Crippen LogP) is 18.4. The Hall–Kier alpha value is -2.89. The first-order valence-electron chi connectivity index (χ1n) is 27.8. The Morgan fingerprint density at radius 2 is 0.554 bits per heavy atom. The average Bonchev–Trinajstić information content (AvgIpc) is 3.30. The Labute approximate surface area is 402 Å². The molecule has 0 saturated heterocycles. The molecule has 65 heavy (non-hydrogen) atoms. The molecule has 6 heteroatoms. The first-order valence-corrected chi connectivity index (χ1v) is 27.8. The van der Waals surface area contributed by atoms with Gasteiger partial charge < -0.3 is 14.2 Å². The van der Waals surface area contributed by atoms with Crippen molar-refractivity contribution in [1.82, 2.24) is 0 Å². The second-order valence-corrected chi connectivity index (χ2v) is 18.5. The van der Waals surface area contributed by atoms with Gasteiger partial charge in [0.1, 0.15) is 13.2 Å². The lowest BCUT2D eigenvalue weighted by atomic mass is 10.1. The molecule has 0 unspecified atom stereocenters. The van der Waals surface area contributed by atoms with Crippen LogP contribution < -0.4 is 0 Å². The summed E-state index contributed by atoms with van der Waals surface area (Å²) in [6.07, 6.45) is 66.2. The van der Waals surface area contributed by atoms with E-state index in [0.717, 1.165) is 96.3 Å². The van der Waals surface area contributed by atoms with Gasteiger partial charge in [-0.05, 0) is 109 Å². The molecule has 0 N–H and O–H groups in total. The number of carbonyl (C=O) groups excluding carboxylic acids is 3. The SMILES string of the molecule is CCCCC/C=C/C/C=C/CCCCCCCCCC(=O)OC[C@@H](COC(=O)CCCCCCCCC/C=C/CCCCCC)OC(=O)CCCCCCC/C=C/C/C=C/CCCCC. The van der Waals surface area contributed by atoms with E-state index in [1.54, 1.807) is 0 Å². The fourth-order valence-corrected chi connectivity index (χ4v) is 7.73. The highest BCUT2D eigenvalue weighted by atomic mass is 16.6. The van der Waals surface area contributed by atoms with Crippen molar-refractivity contribution in [2.45, 2.75) is 284 Å². The fraction of sp³-hybridized carbons (Fsp3) is 0.780. The van der Waals surface area contributed by atoms with Gasteiger partial charge in [0.25, 0.3) is 0 Å². The summed E-state index contributed by atoms with van der Waals surface area (Å²) in [5.41, 5.74) is 0. The minimum atomic E-state index is -0.786. The first-order chi connectivity index (χ1) is 32.0. The highest BCUT2D eigenvalue weighted by Gasteiger charge is 2.19. The molecule has 0 rings (SSSR count). The first kappa shape index (κ1) is 62.1. The van der Waals surface area contributed by atoms with Gasteiger partial charge in [-0.15, -0.1) is 0 Å². The molecule has 1 atom stereocenters. The lowest BCUT2D eigenvalue weighted by Crippen LogP contribution is -2.30. The van der Waals surface area contributed by atoms with Crippen molar-refractivity contribution >= 4 is 17.9 Å². The lowest BCUT2D eigenvalue weighted by Gasteiger charge is -2.18. The van der Waals surface area contributed by atoms with Gasteiger partial charge in [-0.25, -0.2) is 0 Å². The largest absolute Gasteiger partial charge is 0.462 e. The smallest absolute Gasteiger partial charge is 0.306 e. The number of hydrogen-bond donors (Lipinski definition) is 0. The lowest BCUT2D eigenvalue weighted by molar-refractivity contribution is -0.167. The number of ether oxygens (including phenoxy) is 3. The third-order valence-electron chi connectivity index (χ3n) is 12.0. The van der Waals surface area contributed by atoms with Crippen LogP contribution in [0.3, 0.4) is 0 Å². The van der Waals surface area contributed by atoms with Crippen LogP contribution in [0.5, 0.6) is 0 Å². The Bertz CT molecular complexity index is 1180. The van der Waals surface area contributed by atoms with Crippen molar-refractivity contribution in [1.29, 1.82) is 0 Å². The Morgan fingerprint density at radius 3 is 0.892 bits per heavy atom. The summed E-state index contributed by atoms with van der Waals surface area (Å²) >= 11 is 0. The zero-order valence-electron chi connectivity index (χ0n) is 43.0. The van der Waals surface area contributed by atoms with Crippen molar-refractivity contribution in [3.63, 3.8) is 0 Å². The summed E-state index contributed by atoms with van der Waals surface area (Å²) in [5, 5.41) is 0. The molecular weight excluding hydrogens is 805 g/mol. The minimum Gasteiger partial charge on any atom is -0.462 e. The summed E-state index contributed by atoms with van der Waals surface area (Å²) in [7, 11) is 0. The van der Waals surface area contributed by atoms with Crippen molar-refractivity contribution in [2.24, 2.45) is 0 Å². The predicted molar refractivity (Wildman–Crippen MR) is 279 cm³/mol. The maximum absolute atomic E-state index is 12.8. The number of hydrogen-bond acceptors (Lipinski definition) is 6. The van der Waals surface area contributed by atoms with Crippen molar-refractivity contribution < 1.29 is 28.6 Å². The summed E-state index contributed by atoms with van der Waals surface area (Å²) in [6, 6.07) is 0. The Balaban J connectivity index is 4.41. The number of unbranched alkanes of at least 4 members (excludes halogenated alkanes) is 29. The minimum absolute atomic E-state index is 0.0842. The van der Waals surface area contributed by atoms with Crippen molar-refractivity contribution in [2.75, 3.05) is 13.2 Å². The standard InChI is InChI=1S/C59H104O6/c1-4-7-10-13-16-19-22-25-28-29-32-34-37-40-43-46-49-52-58(61)64-55-56(65-59(62)53-50-47-44-41-38-35-31-27-24-21-18-15-12-9-6-3)54-63-57(60)51-48-45-42-39-36-33-30-26-23-20-17-14-11-8-5-2/h16,18-21,23,25,27-28,31,56H,4-15,17,22,24,26,29-30,32-55H2,1-3H3/b19-16+,21-18+,23-20+,28-25+,31-27+/t56-/m1/s1. The van der Waals surface area contributed by atoms with Gasteiger partial charge in [-0.3, -0.25) is 14.4 Å². The normalized spacial score (nSPS) is 12.5. The van der Waals surface area contributed by atoms with E-state index >= 15 is 0 Å². The molecule has 0 aliphatic carbocycles. The molecule has 0 fully saturated rings. The molecule has 0 aromatic heterocycles. The van der Waals surface area contributed by atoms with E-state index in [4.69, 9.17) is 14.2 Å². The number of esters is 3. The van der Waals surface area contributed by atoms with Gasteiger partial charge in [-0.2, -0.15) is 0 Å². The molecule has 6 nitrogen and oxygen atoms in total. The van der Waals surface area contributed by atoms with Crippen molar-refractivity contribution in [3.05, 3.63) is 60.8 Å². The zero-order chi connectivity index (χ0) is 47.2. The summed E-state index contributed by atoms with van der Waals surface area (Å²) in [4.78, 5) is 38.1. The zero-order valence-corrected chi connectivity index (χ0v) is 43.0. The maximum Gasteiger partial charge on any atom is 0.306 e. The van der Waals surface area contributed by atoms with Crippen LogP contribution >= 0.6 is 0 Å². The second-order valence-electron chi connectivity index (χ2n) is 18.5. The van der Waals surface area contributed by atoms with Crippen LogP contribution in [0.1, 0.15) is 278 Å². The topological polar surface area (TPSA) is 78.9 Å². The molecule has 0 aliphatic rings. The maximum atomic E-state index is 12.8. The molecule has 0 aliphatic heterocycles. The van der Waals surface area contributed by atoms with Crippen LogP contribution in [0.15, 0.2) is 60.8 Å². The van der Waals surface area contributed by atoms with Gasteiger partial charge in [-0.1, -0.05) is 210 Å². The van der Waals surface area contributed by atoms with E-state index in [1.807, 2.05) is 0 Å². The van der Waals surface area contributed by atoms with E-state index in [9.17, 15) is 14.4 Å². The van der Waals surface area contributed by atoms with Gasteiger partial charge in [0.15, 0.2) is 6.10 Å². The molecule has 0 amide bonds. The van der Waals surface area contributed by atoms with Gasteiger partial charge >= 0.3 is 17.9 Å². The van der Waals surface area contributed by atoms with E-state index < -0.39 is 6.10 Å². The monoisotopic (exact) mass is 909 g/mol. The van der Waals surface area contributed by atoms with Gasteiger partial charge in [0, 0.05) is 19.3 Å². The van der Waals surface area contributed by atoms with E-state index in [-0.39, 0.29) is 31.1 Å². The second kappa shape index (κ2) is 53.7. The fourth-order valence-electron chi connectivity index (χ4n) is 7.73.